The summed E-state index contributed by atoms with van der Waals surface area (Å²) in [5.41, 5.74) is 3.45. The van der Waals surface area contributed by atoms with Gasteiger partial charge in [0.2, 0.25) is 0 Å². The predicted molar refractivity (Wildman–Crippen MR) is 130 cm³/mol. The molecule has 0 aliphatic carbocycles. The Morgan fingerprint density at radius 2 is 1.83 bits per heavy atom. The van der Waals surface area contributed by atoms with Crippen LogP contribution in [0.5, 0.6) is 11.5 Å². The van der Waals surface area contributed by atoms with Gasteiger partial charge in [-0.05, 0) is 31.0 Å². The molecule has 7 heteroatoms. The largest absolute Gasteiger partial charge is 0.493 e. The van der Waals surface area contributed by atoms with E-state index >= 15 is 0 Å². The molecule has 0 amide bonds. The maximum absolute atomic E-state index is 5.49. The van der Waals surface area contributed by atoms with Crippen molar-refractivity contribution in [3.05, 3.63) is 59.8 Å². The van der Waals surface area contributed by atoms with Gasteiger partial charge in [0.15, 0.2) is 17.5 Å². The highest BCUT2D eigenvalue weighted by Gasteiger charge is 2.09. The van der Waals surface area contributed by atoms with Gasteiger partial charge in [-0.15, -0.1) is 24.0 Å². The Kier molecular flexibility index (Phi) is 9.11. The molecule has 0 aliphatic rings. The summed E-state index contributed by atoms with van der Waals surface area (Å²) in [6.07, 6.45) is 2.99. The molecule has 2 aromatic carbocycles. The van der Waals surface area contributed by atoms with Crippen molar-refractivity contribution in [3.8, 4) is 11.5 Å². The number of benzene rings is 2. The Bertz CT molecular complexity index is 939. The van der Waals surface area contributed by atoms with Crippen LogP contribution in [0.1, 0.15) is 18.1 Å². The van der Waals surface area contributed by atoms with E-state index in [2.05, 4.69) is 46.9 Å². The second kappa shape index (κ2) is 11.5. The Labute approximate surface area is 189 Å². The summed E-state index contributed by atoms with van der Waals surface area (Å²) < 4.78 is 10.9. The van der Waals surface area contributed by atoms with Gasteiger partial charge in [0.1, 0.15) is 0 Å². The van der Waals surface area contributed by atoms with Crippen molar-refractivity contribution < 1.29 is 9.47 Å². The molecule has 0 saturated carbocycles. The lowest BCUT2D eigenvalue weighted by Gasteiger charge is -2.13. The topological polar surface area (TPSA) is 70.7 Å². The standard InChI is InChI=1S/C22H28N4O2.HI/c1-4-23-22(26-15-17-8-7-11-20(27-2)21(17)28-3)24-13-12-16-14-25-19-10-6-5-9-18(16)19;/h5-11,14,25H,4,12-13,15H2,1-3H3,(H2,23,24,26);1H. The molecule has 0 bridgehead atoms. The number of aliphatic imine (C=N–C) groups is 1. The molecule has 3 aromatic rings. The summed E-state index contributed by atoms with van der Waals surface area (Å²) >= 11 is 0. The Hall–Kier alpha value is -2.42. The SMILES string of the molecule is CCNC(=NCc1cccc(OC)c1OC)NCCc1c[nH]c2ccccc12.I. The normalized spacial score (nSPS) is 11.1. The van der Waals surface area contributed by atoms with Gasteiger partial charge < -0.3 is 25.1 Å². The maximum atomic E-state index is 5.49. The summed E-state index contributed by atoms with van der Waals surface area (Å²) in [7, 11) is 3.29. The maximum Gasteiger partial charge on any atom is 0.191 e. The van der Waals surface area contributed by atoms with Gasteiger partial charge in [0.25, 0.3) is 0 Å². The number of aromatic amines is 1. The molecule has 1 heterocycles. The van der Waals surface area contributed by atoms with Crippen LogP contribution in [0.15, 0.2) is 53.7 Å². The molecule has 0 atom stereocenters. The fourth-order valence-electron chi connectivity index (χ4n) is 3.24. The van der Waals surface area contributed by atoms with Gasteiger partial charge in [-0.3, -0.25) is 0 Å². The highest BCUT2D eigenvalue weighted by atomic mass is 127. The average Bonchev–Trinajstić information content (AvgIpc) is 3.14. The molecule has 0 spiro atoms. The van der Waals surface area contributed by atoms with E-state index in [1.165, 1.54) is 16.5 Å². The summed E-state index contributed by atoms with van der Waals surface area (Å²) in [4.78, 5) is 8.02. The lowest BCUT2D eigenvalue weighted by Crippen LogP contribution is -2.38. The van der Waals surface area contributed by atoms with Crippen molar-refractivity contribution in [2.24, 2.45) is 4.99 Å². The monoisotopic (exact) mass is 508 g/mol. The third-order valence-corrected chi connectivity index (χ3v) is 4.60. The number of hydrogen-bond acceptors (Lipinski definition) is 3. The zero-order valence-electron chi connectivity index (χ0n) is 17.1. The summed E-state index contributed by atoms with van der Waals surface area (Å²) in [6.45, 7) is 4.16. The number of H-pyrrole nitrogens is 1. The van der Waals surface area contributed by atoms with E-state index in [0.717, 1.165) is 36.8 Å². The van der Waals surface area contributed by atoms with E-state index in [9.17, 15) is 0 Å². The number of methoxy groups -OCH3 is 2. The van der Waals surface area contributed by atoms with Crippen molar-refractivity contribution in [2.45, 2.75) is 19.9 Å². The van der Waals surface area contributed by atoms with Gasteiger partial charge in [-0.2, -0.15) is 0 Å². The molecular weight excluding hydrogens is 479 g/mol. The Morgan fingerprint density at radius 1 is 1.00 bits per heavy atom. The Balaban J connectivity index is 0.00000300. The number of aromatic nitrogens is 1. The van der Waals surface area contributed by atoms with Crippen molar-refractivity contribution in [1.82, 2.24) is 15.6 Å². The molecule has 0 aliphatic heterocycles. The molecule has 0 unspecified atom stereocenters. The highest BCUT2D eigenvalue weighted by Crippen LogP contribution is 2.31. The minimum atomic E-state index is 0. The highest BCUT2D eigenvalue weighted by molar-refractivity contribution is 14.0. The number of nitrogens with zero attached hydrogens (tertiary/aromatic N) is 1. The van der Waals surface area contributed by atoms with Crippen molar-refractivity contribution in [2.75, 3.05) is 27.3 Å². The van der Waals surface area contributed by atoms with E-state index in [-0.39, 0.29) is 24.0 Å². The van der Waals surface area contributed by atoms with E-state index in [4.69, 9.17) is 14.5 Å². The van der Waals surface area contributed by atoms with Crippen molar-refractivity contribution >= 4 is 40.8 Å². The molecule has 0 saturated heterocycles. The second-order valence-corrected chi connectivity index (χ2v) is 6.38. The molecule has 156 valence electrons. The van der Waals surface area contributed by atoms with E-state index in [1.807, 2.05) is 24.3 Å². The van der Waals surface area contributed by atoms with Crippen LogP contribution < -0.4 is 20.1 Å². The molecule has 6 nitrogen and oxygen atoms in total. The molecule has 1 aromatic heterocycles. The van der Waals surface area contributed by atoms with Crippen LogP contribution in [0.25, 0.3) is 10.9 Å². The quantitative estimate of drug-likeness (QED) is 0.244. The number of hydrogen-bond donors (Lipinski definition) is 3. The van der Waals surface area contributed by atoms with Crippen LogP contribution in [0, 0.1) is 0 Å². The summed E-state index contributed by atoms with van der Waals surface area (Å²) in [5, 5.41) is 7.98. The van der Waals surface area contributed by atoms with Crippen LogP contribution in [-0.2, 0) is 13.0 Å². The number of ether oxygens (including phenoxy) is 2. The van der Waals surface area contributed by atoms with Gasteiger partial charge in [0, 0.05) is 35.8 Å². The number of rotatable bonds is 8. The van der Waals surface area contributed by atoms with Crippen LogP contribution >= 0.6 is 24.0 Å². The van der Waals surface area contributed by atoms with Gasteiger partial charge in [-0.25, -0.2) is 4.99 Å². The van der Waals surface area contributed by atoms with Crippen LogP contribution in [-0.4, -0.2) is 38.3 Å². The first-order chi connectivity index (χ1) is 13.8. The molecule has 3 rings (SSSR count). The number of nitrogens with one attached hydrogen (secondary N) is 3. The number of halogens is 1. The van der Waals surface area contributed by atoms with Crippen LogP contribution in [0.3, 0.4) is 0 Å². The van der Waals surface area contributed by atoms with Gasteiger partial charge in [0.05, 0.1) is 20.8 Å². The summed E-state index contributed by atoms with van der Waals surface area (Å²) in [6, 6.07) is 14.2. The average molecular weight is 508 g/mol. The second-order valence-electron chi connectivity index (χ2n) is 6.38. The molecule has 29 heavy (non-hydrogen) atoms. The lowest BCUT2D eigenvalue weighted by atomic mass is 10.1. The molecule has 3 N–H and O–H groups in total. The number of fused-ring (bicyclic) bond motifs is 1. The van der Waals surface area contributed by atoms with E-state index in [1.54, 1.807) is 14.2 Å². The van der Waals surface area contributed by atoms with Crippen LogP contribution in [0.4, 0.5) is 0 Å². The fraction of sp³-hybridized carbons (Fsp3) is 0.318. The first-order valence-corrected chi connectivity index (χ1v) is 9.53. The first kappa shape index (κ1) is 22.9. The zero-order valence-corrected chi connectivity index (χ0v) is 19.4. The molecular formula is C22H29IN4O2. The Morgan fingerprint density at radius 3 is 2.59 bits per heavy atom. The smallest absolute Gasteiger partial charge is 0.191 e. The third-order valence-electron chi connectivity index (χ3n) is 4.60. The molecule has 0 fully saturated rings. The van der Waals surface area contributed by atoms with Gasteiger partial charge >= 0.3 is 0 Å². The van der Waals surface area contributed by atoms with Crippen LogP contribution in [0.2, 0.25) is 0 Å². The molecule has 0 radical (unpaired) electrons. The number of guanidine groups is 1. The lowest BCUT2D eigenvalue weighted by molar-refractivity contribution is 0.352. The number of para-hydroxylation sites is 2. The predicted octanol–water partition coefficient (Wildman–Crippen LogP) is 4.10. The first-order valence-electron chi connectivity index (χ1n) is 9.53. The van der Waals surface area contributed by atoms with E-state index < -0.39 is 0 Å². The third kappa shape index (κ3) is 5.79. The minimum Gasteiger partial charge on any atom is -0.493 e. The summed E-state index contributed by atoms with van der Waals surface area (Å²) in [5.74, 6) is 2.23. The van der Waals surface area contributed by atoms with E-state index in [0.29, 0.717) is 12.3 Å². The fourth-order valence-corrected chi connectivity index (χ4v) is 3.24. The van der Waals surface area contributed by atoms with Crippen molar-refractivity contribution in [3.63, 3.8) is 0 Å². The minimum absolute atomic E-state index is 0. The van der Waals surface area contributed by atoms with Crippen molar-refractivity contribution in [1.29, 1.82) is 0 Å². The zero-order chi connectivity index (χ0) is 19.8. The van der Waals surface area contributed by atoms with Gasteiger partial charge in [-0.1, -0.05) is 30.3 Å².